The molecule has 1 aliphatic heterocycles. The van der Waals surface area contributed by atoms with Gasteiger partial charge >= 0.3 is 0 Å². The molecule has 23 heavy (non-hydrogen) atoms. The molecule has 0 unspecified atom stereocenters. The van der Waals surface area contributed by atoms with Crippen molar-refractivity contribution in [1.82, 2.24) is 15.0 Å². The van der Waals surface area contributed by atoms with Gasteiger partial charge in [-0.15, -0.1) is 0 Å². The molecule has 2 heterocycles. The Morgan fingerprint density at radius 3 is 2.83 bits per heavy atom. The molecule has 1 fully saturated rings. The van der Waals surface area contributed by atoms with Crippen molar-refractivity contribution in [2.75, 3.05) is 26.8 Å². The van der Waals surface area contributed by atoms with Crippen LogP contribution in [0.25, 0.3) is 0 Å². The Hall–Kier alpha value is -2.12. The van der Waals surface area contributed by atoms with Crippen LogP contribution in [0.2, 0.25) is 0 Å². The number of likely N-dealkylation sites (tertiary alicyclic amines) is 1. The second-order valence-corrected chi connectivity index (χ2v) is 5.58. The first-order valence-corrected chi connectivity index (χ1v) is 7.65. The number of aliphatic hydroxyl groups is 1. The molecule has 1 aromatic carbocycles. The van der Waals surface area contributed by atoms with Crippen LogP contribution in [0.1, 0.15) is 24.2 Å². The van der Waals surface area contributed by atoms with Gasteiger partial charge in [0.15, 0.2) is 17.3 Å². The van der Waals surface area contributed by atoms with Crippen molar-refractivity contribution in [2.45, 2.75) is 25.5 Å². The van der Waals surface area contributed by atoms with Crippen molar-refractivity contribution in [3.8, 4) is 11.5 Å². The van der Waals surface area contributed by atoms with Gasteiger partial charge in [0.05, 0.1) is 19.3 Å². The topological polar surface area (TPSA) is 80.9 Å². The zero-order valence-electron chi connectivity index (χ0n) is 13.3. The molecule has 1 aliphatic rings. The zero-order chi connectivity index (χ0) is 16.2. The van der Waals surface area contributed by atoms with E-state index in [9.17, 15) is 5.11 Å². The molecule has 0 saturated carbocycles. The highest BCUT2D eigenvalue weighted by molar-refractivity contribution is 5.39. The Morgan fingerprint density at radius 2 is 2.13 bits per heavy atom. The van der Waals surface area contributed by atoms with Crippen molar-refractivity contribution < 1.29 is 19.1 Å². The number of methoxy groups -OCH3 is 1. The van der Waals surface area contributed by atoms with Crippen LogP contribution in [-0.4, -0.2) is 53.1 Å². The van der Waals surface area contributed by atoms with Crippen molar-refractivity contribution in [1.29, 1.82) is 0 Å². The van der Waals surface area contributed by atoms with E-state index in [4.69, 9.17) is 14.0 Å². The van der Waals surface area contributed by atoms with E-state index in [1.54, 1.807) is 14.0 Å². The molecule has 1 saturated heterocycles. The van der Waals surface area contributed by atoms with Gasteiger partial charge in [-0.05, 0) is 25.5 Å². The summed E-state index contributed by atoms with van der Waals surface area (Å²) in [6, 6.07) is 7.47. The first kappa shape index (κ1) is 15.8. The molecule has 2 atom stereocenters. The summed E-state index contributed by atoms with van der Waals surface area (Å²) in [4.78, 5) is 6.38. The number of aliphatic hydroxyl groups excluding tert-OH is 1. The smallest absolute Gasteiger partial charge is 0.244 e. The minimum Gasteiger partial charge on any atom is -0.493 e. The quantitative estimate of drug-likeness (QED) is 0.865. The Bertz CT molecular complexity index is 646. The zero-order valence-corrected chi connectivity index (χ0v) is 13.3. The number of para-hydroxylation sites is 2. The van der Waals surface area contributed by atoms with Crippen LogP contribution < -0.4 is 9.47 Å². The van der Waals surface area contributed by atoms with Crippen molar-refractivity contribution in [3.63, 3.8) is 0 Å². The molecule has 3 rings (SSSR count). The third-order valence-electron chi connectivity index (χ3n) is 3.91. The Morgan fingerprint density at radius 1 is 1.35 bits per heavy atom. The monoisotopic (exact) mass is 319 g/mol. The molecule has 1 N–H and O–H groups in total. The minimum absolute atomic E-state index is 0.0625. The van der Waals surface area contributed by atoms with E-state index < -0.39 is 6.10 Å². The van der Waals surface area contributed by atoms with Crippen LogP contribution >= 0.6 is 0 Å². The van der Waals surface area contributed by atoms with Crippen molar-refractivity contribution in [3.05, 3.63) is 36.0 Å². The van der Waals surface area contributed by atoms with Crippen LogP contribution in [0.15, 0.2) is 28.8 Å². The summed E-state index contributed by atoms with van der Waals surface area (Å²) in [7, 11) is 1.62. The Balaban J connectivity index is 1.60. The first-order valence-electron chi connectivity index (χ1n) is 7.65. The molecule has 0 radical (unpaired) electrons. The number of ether oxygens (including phenoxy) is 2. The van der Waals surface area contributed by atoms with Gasteiger partial charge in [-0.2, -0.15) is 4.98 Å². The van der Waals surface area contributed by atoms with Crippen LogP contribution in [0.3, 0.4) is 0 Å². The number of nitrogens with zero attached hydrogens (tertiary/aromatic N) is 3. The fraction of sp³-hybridized carbons (Fsp3) is 0.500. The summed E-state index contributed by atoms with van der Waals surface area (Å²) >= 11 is 0. The molecule has 0 bridgehead atoms. The summed E-state index contributed by atoms with van der Waals surface area (Å²) in [5, 5.41) is 13.8. The van der Waals surface area contributed by atoms with E-state index in [0.717, 1.165) is 0 Å². The number of β-amino-alcohol motifs (C(OH)–C–C–N with tert-alkyl or cyclic N) is 1. The maximum absolute atomic E-state index is 9.94. The van der Waals surface area contributed by atoms with Gasteiger partial charge in [0.1, 0.15) is 6.61 Å². The van der Waals surface area contributed by atoms with Crippen LogP contribution in [0.4, 0.5) is 0 Å². The van der Waals surface area contributed by atoms with E-state index in [0.29, 0.717) is 49.3 Å². The summed E-state index contributed by atoms with van der Waals surface area (Å²) in [5.74, 6) is 2.57. The number of hydrogen-bond donors (Lipinski definition) is 1. The molecule has 7 heteroatoms. The van der Waals surface area contributed by atoms with E-state index >= 15 is 0 Å². The van der Waals surface area contributed by atoms with Crippen LogP contribution in [-0.2, 0) is 0 Å². The predicted octanol–water partition coefficient (Wildman–Crippen LogP) is 1.57. The van der Waals surface area contributed by atoms with Gasteiger partial charge in [0, 0.05) is 13.1 Å². The Labute approximate surface area is 134 Å². The second kappa shape index (κ2) is 6.97. The number of aryl methyl sites for hydroxylation is 1. The summed E-state index contributed by atoms with van der Waals surface area (Å²) in [5.41, 5.74) is 0. The van der Waals surface area contributed by atoms with Gasteiger partial charge in [-0.25, -0.2) is 0 Å². The van der Waals surface area contributed by atoms with E-state index in [1.807, 2.05) is 24.3 Å². The number of rotatable bonds is 6. The normalized spacial score (nSPS) is 21.5. The maximum atomic E-state index is 9.94. The summed E-state index contributed by atoms with van der Waals surface area (Å²) < 4.78 is 16.3. The SMILES string of the molecule is COc1ccccc1OCCN1C[C@H](O)C[C@@H]1c1nc(C)no1. The number of aromatic nitrogens is 2. The minimum atomic E-state index is -0.390. The average molecular weight is 319 g/mol. The fourth-order valence-electron chi connectivity index (χ4n) is 2.84. The molecule has 0 aliphatic carbocycles. The van der Waals surface area contributed by atoms with Crippen molar-refractivity contribution >= 4 is 0 Å². The predicted molar refractivity (Wildman–Crippen MR) is 82.5 cm³/mol. The fourth-order valence-corrected chi connectivity index (χ4v) is 2.84. The highest BCUT2D eigenvalue weighted by atomic mass is 16.5. The van der Waals surface area contributed by atoms with E-state index in [1.165, 1.54) is 0 Å². The van der Waals surface area contributed by atoms with E-state index in [-0.39, 0.29) is 6.04 Å². The maximum Gasteiger partial charge on any atom is 0.244 e. The third kappa shape index (κ3) is 3.62. The van der Waals surface area contributed by atoms with Gasteiger partial charge in [0.25, 0.3) is 0 Å². The lowest BCUT2D eigenvalue weighted by molar-refractivity contribution is 0.153. The van der Waals surface area contributed by atoms with Gasteiger partial charge in [-0.3, -0.25) is 4.90 Å². The molecule has 7 nitrogen and oxygen atoms in total. The lowest BCUT2D eigenvalue weighted by Gasteiger charge is -2.21. The molecule has 1 aromatic heterocycles. The van der Waals surface area contributed by atoms with Gasteiger partial charge in [-0.1, -0.05) is 17.3 Å². The molecular weight excluding hydrogens is 298 g/mol. The lowest BCUT2D eigenvalue weighted by atomic mass is 10.2. The Kier molecular flexibility index (Phi) is 4.78. The second-order valence-electron chi connectivity index (χ2n) is 5.58. The van der Waals surface area contributed by atoms with Crippen LogP contribution in [0, 0.1) is 6.92 Å². The average Bonchev–Trinajstić information content (AvgIpc) is 3.13. The lowest BCUT2D eigenvalue weighted by Crippen LogP contribution is -2.29. The molecule has 2 aromatic rings. The number of hydrogen-bond acceptors (Lipinski definition) is 7. The highest BCUT2D eigenvalue weighted by Crippen LogP contribution is 2.31. The summed E-state index contributed by atoms with van der Waals surface area (Å²) in [6.07, 6.45) is 0.203. The highest BCUT2D eigenvalue weighted by Gasteiger charge is 2.35. The molecular formula is C16H21N3O4. The van der Waals surface area contributed by atoms with Gasteiger partial charge < -0.3 is 19.1 Å². The molecule has 124 valence electrons. The molecule has 0 spiro atoms. The largest absolute Gasteiger partial charge is 0.493 e. The van der Waals surface area contributed by atoms with Gasteiger partial charge in [0.2, 0.25) is 5.89 Å². The molecule has 0 amide bonds. The number of benzene rings is 1. The first-order chi connectivity index (χ1) is 11.2. The summed E-state index contributed by atoms with van der Waals surface area (Å²) in [6.45, 7) is 3.49. The standard InChI is InChI=1S/C16H21N3O4/c1-11-17-16(23-18-11)13-9-12(20)10-19(13)7-8-22-15-6-4-3-5-14(15)21-2/h3-6,12-13,20H,7-10H2,1-2H3/t12-,13-/m1/s1. The third-order valence-corrected chi connectivity index (χ3v) is 3.91. The van der Waals surface area contributed by atoms with Crippen molar-refractivity contribution in [2.24, 2.45) is 0 Å². The van der Waals surface area contributed by atoms with E-state index in [2.05, 4.69) is 15.0 Å². The van der Waals surface area contributed by atoms with Crippen LogP contribution in [0.5, 0.6) is 11.5 Å².